The van der Waals surface area contributed by atoms with Crippen molar-refractivity contribution in [1.82, 2.24) is 9.88 Å². The van der Waals surface area contributed by atoms with Crippen LogP contribution in [0.5, 0.6) is 0 Å². The van der Waals surface area contributed by atoms with E-state index in [1.54, 1.807) is 0 Å². The standard InChI is InChI=1S/C15H17ClN2/c1-18(10-9-13-5-3-2-4-6-13)12-14-7-8-15(16)17-11-14/h2-8,11H,9-10,12H2,1H3. The molecule has 0 aliphatic carbocycles. The molecule has 94 valence electrons. The Bertz CT molecular complexity index is 468. The van der Waals surface area contributed by atoms with E-state index in [1.165, 1.54) is 11.1 Å². The van der Waals surface area contributed by atoms with Crippen molar-refractivity contribution >= 4 is 11.6 Å². The number of aromatic nitrogens is 1. The van der Waals surface area contributed by atoms with Gasteiger partial charge < -0.3 is 4.90 Å². The van der Waals surface area contributed by atoms with Crippen LogP contribution >= 0.6 is 11.6 Å². The van der Waals surface area contributed by atoms with Gasteiger partial charge >= 0.3 is 0 Å². The van der Waals surface area contributed by atoms with Crippen molar-refractivity contribution in [2.24, 2.45) is 0 Å². The third kappa shape index (κ3) is 4.13. The summed E-state index contributed by atoms with van der Waals surface area (Å²) in [6, 6.07) is 14.4. The largest absolute Gasteiger partial charge is 0.302 e. The summed E-state index contributed by atoms with van der Waals surface area (Å²) in [6.07, 6.45) is 2.90. The third-order valence-corrected chi connectivity index (χ3v) is 3.09. The van der Waals surface area contributed by atoms with Crippen molar-refractivity contribution in [3.63, 3.8) is 0 Å². The van der Waals surface area contributed by atoms with Gasteiger partial charge in [-0.2, -0.15) is 0 Å². The minimum Gasteiger partial charge on any atom is -0.302 e. The van der Waals surface area contributed by atoms with Crippen LogP contribution in [0.15, 0.2) is 48.7 Å². The number of pyridine rings is 1. The highest BCUT2D eigenvalue weighted by atomic mass is 35.5. The van der Waals surface area contributed by atoms with E-state index in [9.17, 15) is 0 Å². The van der Waals surface area contributed by atoms with E-state index >= 15 is 0 Å². The van der Waals surface area contributed by atoms with Gasteiger partial charge in [0.25, 0.3) is 0 Å². The van der Waals surface area contributed by atoms with Gasteiger partial charge in [0.05, 0.1) is 0 Å². The van der Waals surface area contributed by atoms with Gasteiger partial charge in [-0.3, -0.25) is 0 Å². The molecule has 0 atom stereocenters. The molecule has 3 heteroatoms. The van der Waals surface area contributed by atoms with E-state index in [0.29, 0.717) is 5.15 Å². The highest BCUT2D eigenvalue weighted by Crippen LogP contribution is 2.08. The Balaban J connectivity index is 1.82. The van der Waals surface area contributed by atoms with E-state index in [-0.39, 0.29) is 0 Å². The van der Waals surface area contributed by atoms with Crippen LogP contribution in [0, 0.1) is 0 Å². The quantitative estimate of drug-likeness (QED) is 0.766. The van der Waals surface area contributed by atoms with Crippen molar-refractivity contribution in [3.05, 3.63) is 64.9 Å². The number of halogens is 1. The van der Waals surface area contributed by atoms with Crippen LogP contribution in [0.4, 0.5) is 0 Å². The van der Waals surface area contributed by atoms with E-state index in [0.717, 1.165) is 19.5 Å². The fraction of sp³-hybridized carbons (Fsp3) is 0.267. The van der Waals surface area contributed by atoms with E-state index < -0.39 is 0 Å². The predicted octanol–water partition coefficient (Wildman–Crippen LogP) is 3.41. The number of benzene rings is 1. The molecule has 0 fully saturated rings. The summed E-state index contributed by atoms with van der Waals surface area (Å²) in [5.74, 6) is 0. The van der Waals surface area contributed by atoms with Gasteiger partial charge in [-0.25, -0.2) is 4.98 Å². The first-order chi connectivity index (χ1) is 8.74. The van der Waals surface area contributed by atoms with Crippen LogP contribution in [0.25, 0.3) is 0 Å². The van der Waals surface area contributed by atoms with Gasteiger partial charge in [0, 0.05) is 19.3 Å². The average molecular weight is 261 g/mol. The molecule has 0 amide bonds. The second-order valence-electron chi connectivity index (χ2n) is 4.46. The predicted molar refractivity (Wildman–Crippen MR) is 75.7 cm³/mol. The zero-order valence-electron chi connectivity index (χ0n) is 10.5. The third-order valence-electron chi connectivity index (χ3n) is 2.87. The first kappa shape index (κ1) is 13.1. The van der Waals surface area contributed by atoms with Crippen LogP contribution in [0.2, 0.25) is 5.15 Å². The zero-order valence-corrected chi connectivity index (χ0v) is 11.3. The highest BCUT2D eigenvalue weighted by Gasteiger charge is 2.01. The van der Waals surface area contributed by atoms with Crippen LogP contribution < -0.4 is 0 Å². The summed E-state index contributed by atoms with van der Waals surface area (Å²) in [7, 11) is 2.12. The van der Waals surface area contributed by atoms with Crippen molar-refractivity contribution in [2.45, 2.75) is 13.0 Å². The second kappa shape index (κ2) is 6.53. The lowest BCUT2D eigenvalue weighted by Crippen LogP contribution is -2.20. The molecule has 1 aromatic carbocycles. The van der Waals surface area contributed by atoms with Gasteiger partial charge in [-0.1, -0.05) is 48.0 Å². The molecule has 1 aromatic heterocycles. The van der Waals surface area contributed by atoms with E-state index in [2.05, 4.69) is 41.2 Å². The Morgan fingerprint density at radius 3 is 2.50 bits per heavy atom. The van der Waals surface area contributed by atoms with Crippen molar-refractivity contribution in [3.8, 4) is 0 Å². The molecule has 0 radical (unpaired) electrons. The van der Waals surface area contributed by atoms with Crippen LogP contribution in [0.3, 0.4) is 0 Å². The average Bonchev–Trinajstić information content (AvgIpc) is 2.40. The normalized spacial score (nSPS) is 10.8. The van der Waals surface area contributed by atoms with Crippen LogP contribution in [0.1, 0.15) is 11.1 Å². The molecule has 2 aromatic rings. The molecule has 2 rings (SSSR count). The van der Waals surface area contributed by atoms with E-state index in [4.69, 9.17) is 11.6 Å². The van der Waals surface area contributed by atoms with Gasteiger partial charge in [-0.05, 0) is 30.7 Å². The number of hydrogen-bond acceptors (Lipinski definition) is 2. The molecule has 0 saturated heterocycles. The lowest BCUT2D eigenvalue weighted by Gasteiger charge is -2.16. The van der Waals surface area contributed by atoms with Gasteiger partial charge in [0.1, 0.15) is 5.15 Å². The summed E-state index contributed by atoms with van der Waals surface area (Å²) < 4.78 is 0. The smallest absolute Gasteiger partial charge is 0.129 e. The van der Waals surface area contributed by atoms with Crippen LogP contribution in [-0.2, 0) is 13.0 Å². The van der Waals surface area contributed by atoms with Gasteiger partial charge in [-0.15, -0.1) is 0 Å². The van der Waals surface area contributed by atoms with Crippen molar-refractivity contribution < 1.29 is 0 Å². The molecule has 0 unspecified atom stereocenters. The number of rotatable bonds is 5. The Labute approximate surface area is 113 Å². The summed E-state index contributed by atoms with van der Waals surface area (Å²) in [6.45, 7) is 1.93. The van der Waals surface area contributed by atoms with Crippen LogP contribution in [-0.4, -0.2) is 23.5 Å². The summed E-state index contributed by atoms with van der Waals surface area (Å²) in [4.78, 5) is 6.38. The number of nitrogens with zero attached hydrogens (tertiary/aromatic N) is 2. The van der Waals surface area contributed by atoms with Crippen molar-refractivity contribution in [2.75, 3.05) is 13.6 Å². The van der Waals surface area contributed by atoms with Crippen molar-refractivity contribution in [1.29, 1.82) is 0 Å². The molecule has 18 heavy (non-hydrogen) atoms. The SMILES string of the molecule is CN(CCc1ccccc1)Cc1ccc(Cl)nc1. The fourth-order valence-corrected chi connectivity index (χ4v) is 1.97. The summed E-state index contributed by atoms with van der Waals surface area (Å²) >= 11 is 5.76. The Kier molecular flexibility index (Phi) is 4.73. The Morgan fingerprint density at radius 2 is 1.83 bits per heavy atom. The zero-order chi connectivity index (χ0) is 12.8. The molecular weight excluding hydrogens is 244 g/mol. The first-order valence-electron chi connectivity index (χ1n) is 6.07. The van der Waals surface area contributed by atoms with E-state index in [1.807, 2.05) is 24.4 Å². The molecule has 2 nitrogen and oxygen atoms in total. The molecule has 0 spiro atoms. The fourth-order valence-electron chi connectivity index (χ4n) is 1.86. The molecule has 0 saturated carbocycles. The first-order valence-corrected chi connectivity index (χ1v) is 6.45. The maximum Gasteiger partial charge on any atom is 0.129 e. The Hall–Kier alpha value is -1.38. The molecule has 0 aliphatic rings. The lowest BCUT2D eigenvalue weighted by molar-refractivity contribution is 0.331. The summed E-state index contributed by atoms with van der Waals surface area (Å²) in [5, 5.41) is 0.547. The monoisotopic (exact) mass is 260 g/mol. The molecule has 0 aliphatic heterocycles. The minimum absolute atomic E-state index is 0.547. The minimum atomic E-state index is 0.547. The summed E-state index contributed by atoms with van der Waals surface area (Å²) in [5.41, 5.74) is 2.56. The topological polar surface area (TPSA) is 16.1 Å². The van der Waals surface area contributed by atoms with Gasteiger partial charge in [0.2, 0.25) is 0 Å². The number of hydrogen-bond donors (Lipinski definition) is 0. The second-order valence-corrected chi connectivity index (χ2v) is 4.85. The molecule has 1 heterocycles. The maximum absolute atomic E-state index is 5.76. The highest BCUT2D eigenvalue weighted by molar-refractivity contribution is 6.29. The number of likely N-dealkylation sites (N-methyl/N-ethyl adjacent to an activating group) is 1. The lowest BCUT2D eigenvalue weighted by atomic mass is 10.1. The molecular formula is C15H17ClN2. The van der Waals surface area contributed by atoms with Gasteiger partial charge in [0.15, 0.2) is 0 Å². The maximum atomic E-state index is 5.76. The Morgan fingerprint density at radius 1 is 1.06 bits per heavy atom. The molecule has 0 bridgehead atoms. The molecule has 0 N–H and O–H groups in total.